The topological polar surface area (TPSA) is 70.0 Å². The van der Waals surface area contributed by atoms with E-state index in [1.54, 1.807) is 12.1 Å². The minimum absolute atomic E-state index is 0.104. The first kappa shape index (κ1) is 22.3. The summed E-state index contributed by atoms with van der Waals surface area (Å²) in [4.78, 5) is 14.1. The van der Waals surface area contributed by atoms with E-state index in [0.29, 0.717) is 16.8 Å². The maximum absolute atomic E-state index is 14.1. The molecule has 35 heavy (non-hydrogen) atoms. The van der Waals surface area contributed by atoms with Gasteiger partial charge < -0.3 is 9.63 Å². The number of hydrogen-bond donors (Lipinski definition) is 0. The van der Waals surface area contributed by atoms with E-state index in [0.717, 1.165) is 16.7 Å². The van der Waals surface area contributed by atoms with E-state index in [-0.39, 0.29) is 5.78 Å². The van der Waals surface area contributed by atoms with Crippen molar-refractivity contribution in [3.05, 3.63) is 138 Å². The lowest BCUT2D eigenvalue weighted by molar-refractivity contribution is -0.710. The molecule has 0 N–H and O–H groups in total. The minimum Gasteiger partial charge on any atom is -0.544 e. The number of nitrogens with zero attached hydrogens (tertiary/aromatic N) is 2. The van der Waals surface area contributed by atoms with Crippen molar-refractivity contribution in [1.82, 2.24) is 5.16 Å². The molecule has 0 spiro atoms. The van der Waals surface area contributed by atoms with Gasteiger partial charge in [-0.2, -0.15) is 9.72 Å². The van der Waals surface area contributed by atoms with Crippen LogP contribution >= 0.6 is 0 Å². The molecule has 2 heterocycles. The van der Waals surface area contributed by atoms with Crippen LogP contribution in [0.3, 0.4) is 0 Å². The van der Waals surface area contributed by atoms with E-state index in [9.17, 15) is 9.90 Å². The molecule has 2 atom stereocenters. The summed E-state index contributed by atoms with van der Waals surface area (Å²) in [5, 5.41) is 17.4. The van der Waals surface area contributed by atoms with Gasteiger partial charge in [-0.3, -0.25) is 4.79 Å². The molecule has 0 radical (unpaired) electrons. The number of Topliss-reactive ketones (excluding diaryl/α,β-unsaturated/α-hetero) is 1. The molecule has 0 aliphatic carbocycles. The summed E-state index contributed by atoms with van der Waals surface area (Å²) in [6, 6.07) is 31.4. The Morgan fingerprint density at radius 2 is 1.51 bits per heavy atom. The zero-order chi connectivity index (χ0) is 24.2. The number of carbonyl (C=O) groups is 1. The molecule has 0 saturated carbocycles. The second-order valence-corrected chi connectivity index (χ2v) is 8.49. The van der Waals surface area contributed by atoms with Crippen LogP contribution in [0.2, 0.25) is 0 Å². The van der Waals surface area contributed by atoms with Crippen molar-refractivity contribution in [3.63, 3.8) is 0 Å². The standard InChI is InChI=1S/C30H24N2O3/c1-21-12-11-17-24(20-21)25(26-27(31-35-30(26)34)22-13-5-2-6-14-22)28(32-18-9-4-10-19-32)29(33)23-15-7-3-8-16-23/h2-20,25,28H,1H3. The summed E-state index contributed by atoms with van der Waals surface area (Å²) in [5.41, 5.74) is 4.01. The SMILES string of the molecule is Cc1cccc(C(c2c(-c3ccccc3)noc2[O-])C(C(=O)c2ccccc2)[n+]2ccccc2)c1. The summed E-state index contributed by atoms with van der Waals surface area (Å²) in [7, 11) is 0. The third-order valence-corrected chi connectivity index (χ3v) is 6.16. The molecule has 0 aliphatic heterocycles. The lowest BCUT2D eigenvalue weighted by Crippen LogP contribution is -2.47. The van der Waals surface area contributed by atoms with Gasteiger partial charge in [-0.05, 0) is 12.5 Å². The van der Waals surface area contributed by atoms with Crippen molar-refractivity contribution < 1.29 is 19.0 Å². The fraction of sp³-hybridized carbons (Fsp3) is 0.100. The molecule has 0 bridgehead atoms. The van der Waals surface area contributed by atoms with E-state index in [4.69, 9.17) is 4.52 Å². The molecular formula is C30H24N2O3. The van der Waals surface area contributed by atoms with Gasteiger partial charge >= 0.3 is 0 Å². The molecule has 5 nitrogen and oxygen atoms in total. The van der Waals surface area contributed by atoms with Gasteiger partial charge in [0.2, 0.25) is 11.8 Å². The van der Waals surface area contributed by atoms with Crippen molar-refractivity contribution in [3.8, 4) is 17.2 Å². The van der Waals surface area contributed by atoms with E-state index in [1.165, 1.54) is 0 Å². The Morgan fingerprint density at radius 1 is 0.857 bits per heavy atom. The second-order valence-electron chi connectivity index (χ2n) is 8.49. The van der Waals surface area contributed by atoms with Crippen LogP contribution in [0, 0.1) is 6.92 Å². The highest BCUT2D eigenvalue weighted by atomic mass is 16.5. The number of benzene rings is 3. The predicted molar refractivity (Wildman–Crippen MR) is 131 cm³/mol. The number of hydrogen-bond acceptors (Lipinski definition) is 4. The van der Waals surface area contributed by atoms with Crippen LogP contribution in [-0.4, -0.2) is 10.9 Å². The third kappa shape index (κ3) is 4.49. The highest BCUT2D eigenvalue weighted by Crippen LogP contribution is 2.43. The first-order valence-electron chi connectivity index (χ1n) is 11.5. The van der Waals surface area contributed by atoms with Gasteiger partial charge in [0.15, 0.2) is 12.4 Å². The lowest BCUT2D eigenvalue weighted by atomic mass is 9.80. The Bertz CT molecular complexity index is 1430. The molecule has 3 aromatic carbocycles. The Kier molecular flexibility index (Phi) is 6.22. The smallest absolute Gasteiger partial charge is 0.231 e. The van der Waals surface area contributed by atoms with Crippen molar-refractivity contribution in [2.45, 2.75) is 18.9 Å². The van der Waals surface area contributed by atoms with Crippen LogP contribution in [0.25, 0.3) is 11.3 Å². The molecule has 2 aromatic heterocycles. The third-order valence-electron chi connectivity index (χ3n) is 6.16. The maximum Gasteiger partial charge on any atom is 0.231 e. The molecule has 0 fully saturated rings. The fourth-order valence-electron chi connectivity index (χ4n) is 4.56. The van der Waals surface area contributed by atoms with Crippen molar-refractivity contribution in [2.75, 3.05) is 0 Å². The summed E-state index contributed by atoms with van der Waals surface area (Å²) in [5.74, 6) is -1.28. The van der Waals surface area contributed by atoms with Crippen LogP contribution in [-0.2, 0) is 0 Å². The van der Waals surface area contributed by atoms with Gasteiger partial charge in [0.25, 0.3) is 0 Å². The number of aryl methyl sites for hydroxylation is 1. The molecule has 0 amide bonds. The fourth-order valence-corrected chi connectivity index (χ4v) is 4.56. The number of ketones is 1. The van der Waals surface area contributed by atoms with E-state index >= 15 is 0 Å². The number of carbonyl (C=O) groups excluding carboxylic acids is 1. The van der Waals surface area contributed by atoms with E-state index in [1.807, 2.05) is 115 Å². The average molecular weight is 461 g/mol. The molecular weight excluding hydrogens is 436 g/mol. The highest BCUT2D eigenvalue weighted by Gasteiger charge is 2.41. The summed E-state index contributed by atoms with van der Waals surface area (Å²) in [6.45, 7) is 1.99. The molecule has 0 saturated heterocycles. The zero-order valence-electron chi connectivity index (χ0n) is 19.2. The van der Waals surface area contributed by atoms with Gasteiger partial charge in [0.1, 0.15) is 0 Å². The Balaban J connectivity index is 1.79. The Hall–Kier alpha value is -4.51. The Morgan fingerprint density at radius 3 is 2.20 bits per heavy atom. The van der Waals surface area contributed by atoms with Gasteiger partial charge in [-0.1, -0.05) is 96.6 Å². The van der Waals surface area contributed by atoms with Gasteiger partial charge in [0, 0.05) is 28.8 Å². The van der Waals surface area contributed by atoms with Crippen LogP contribution in [0.1, 0.15) is 39.0 Å². The lowest BCUT2D eigenvalue weighted by Gasteiger charge is -2.25. The molecule has 5 rings (SSSR count). The number of rotatable bonds is 7. The Labute approximate surface area is 203 Å². The van der Waals surface area contributed by atoms with Gasteiger partial charge in [-0.15, -0.1) is 0 Å². The number of pyridine rings is 1. The van der Waals surface area contributed by atoms with Crippen LogP contribution in [0.5, 0.6) is 5.95 Å². The minimum atomic E-state index is -0.741. The first-order chi connectivity index (χ1) is 17.1. The van der Waals surface area contributed by atoms with Crippen LogP contribution in [0.4, 0.5) is 0 Å². The largest absolute Gasteiger partial charge is 0.544 e. The summed E-state index contributed by atoms with van der Waals surface area (Å²) >= 11 is 0. The second kappa shape index (κ2) is 9.77. The van der Waals surface area contributed by atoms with Crippen LogP contribution in [0.15, 0.2) is 120 Å². The summed E-state index contributed by atoms with van der Waals surface area (Å²) < 4.78 is 7.09. The highest BCUT2D eigenvalue weighted by molar-refractivity contribution is 5.99. The zero-order valence-corrected chi connectivity index (χ0v) is 19.2. The molecule has 5 heteroatoms. The number of aromatic nitrogens is 2. The molecule has 5 aromatic rings. The van der Waals surface area contributed by atoms with Crippen molar-refractivity contribution in [1.29, 1.82) is 0 Å². The van der Waals surface area contributed by atoms with Crippen molar-refractivity contribution in [2.24, 2.45) is 0 Å². The average Bonchev–Trinajstić information content (AvgIpc) is 3.29. The van der Waals surface area contributed by atoms with Gasteiger partial charge in [0.05, 0.1) is 17.6 Å². The normalized spacial score (nSPS) is 12.7. The van der Waals surface area contributed by atoms with Gasteiger partial charge in [-0.25, -0.2) is 0 Å². The maximum atomic E-state index is 14.1. The van der Waals surface area contributed by atoms with Crippen LogP contribution < -0.4 is 9.67 Å². The molecule has 0 aliphatic rings. The summed E-state index contributed by atoms with van der Waals surface area (Å²) in [6.07, 6.45) is 3.71. The monoisotopic (exact) mass is 460 g/mol. The predicted octanol–water partition coefficient (Wildman–Crippen LogP) is 5.27. The van der Waals surface area contributed by atoms with E-state index < -0.39 is 17.9 Å². The van der Waals surface area contributed by atoms with E-state index in [2.05, 4.69) is 5.16 Å². The van der Waals surface area contributed by atoms with Crippen molar-refractivity contribution >= 4 is 5.78 Å². The quantitative estimate of drug-likeness (QED) is 0.245. The molecule has 172 valence electrons. The molecule has 2 unspecified atom stereocenters. The first-order valence-corrected chi connectivity index (χ1v) is 11.5.